The molecular formula is C24H25ClN4O2. The van der Waals surface area contributed by atoms with Crippen LogP contribution in [0.4, 0.5) is 0 Å². The predicted molar refractivity (Wildman–Crippen MR) is 120 cm³/mol. The van der Waals surface area contributed by atoms with Crippen LogP contribution >= 0.6 is 11.6 Å². The number of nitrogens with one attached hydrogen (secondary N) is 2. The highest BCUT2D eigenvalue weighted by molar-refractivity contribution is 6.30. The summed E-state index contributed by atoms with van der Waals surface area (Å²) in [6.45, 7) is 1.58. The van der Waals surface area contributed by atoms with Gasteiger partial charge >= 0.3 is 0 Å². The molecule has 0 fully saturated rings. The summed E-state index contributed by atoms with van der Waals surface area (Å²) in [5.41, 5.74) is 4.31. The second kappa shape index (κ2) is 9.79. The van der Waals surface area contributed by atoms with Crippen LogP contribution in [0.5, 0.6) is 0 Å². The van der Waals surface area contributed by atoms with Crippen molar-refractivity contribution in [3.05, 3.63) is 87.7 Å². The number of nitrogens with zero attached hydrogens (tertiary/aromatic N) is 2. The number of hydrogen-bond donors (Lipinski definition) is 2. The Kier molecular flexibility index (Phi) is 6.67. The Balaban J connectivity index is 1.33. The van der Waals surface area contributed by atoms with Crippen molar-refractivity contribution in [1.29, 1.82) is 0 Å². The van der Waals surface area contributed by atoms with E-state index in [1.165, 1.54) is 5.56 Å². The number of hydrogen-bond acceptors (Lipinski definition) is 3. The lowest BCUT2D eigenvalue weighted by atomic mass is 10.0. The van der Waals surface area contributed by atoms with Gasteiger partial charge in [0.2, 0.25) is 5.91 Å². The molecule has 0 saturated carbocycles. The van der Waals surface area contributed by atoms with Gasteiger partial charge < -0.3 is 10.2 Å². The molecule has 1 aliphatic rings. The molecule has 3 aromatic rings. The SMILES string of the molecule is O=C(NCCCc1ccccc1)c1n[nH]c2c1CN(C(=O)Cc1ccc(Cl)cc1)CC2. The molecule has 31 heavy (non-hydrogen) atoms. The lowest BCUT2D eigenvalue weighted by Crippen LogP contribution is -2.37. The first-order chi connectivity index (χ1) is 15.1. The lowest BCUT2D eigenvalue weighted by Gasteiger charge is -2.27. The van der Waals surface area contributed by atoms with Gasteiger partial charge in [-0.15, -0.1) is 0 Å². The average molecular weight is 437 g/mol. The molecule has 2 amide bonds. The third-order valence-corrected chi connectivity index (χ3v) is 5.79. The fraction of sp³-hybridized carbons (Fsp3) is 0.292. The molecule has 6 nitrogen and oxygen atoms in total. The minimum atomic E-state index is -0.197. The van der Waals surface area contributed by atoms with Crippen LogP contribution in [0, 0.1) is 0 Å². The number of rotatable bonds is 7. The highest BCUT2D eigenvalue weighted by Crippen LogP contribution is 2.21. The third-order valence-electron chi connectivity index (χ3n) is 5.54. The maximum absolute atomic E-state index is 12.8. The maximum atomic E-state index is 12.8. The summed E-state index contributed by atoms with van der Waals surface area (Å²) < 4.78 is 0. The molecule has 1 aliphatic heterocycles. The van der Waals surface area contributed by atoms with Crippen LogP contribution in [0.15, 0.2) is 54.6 Å². The normalized spacial score (nSPS) is 13.0. The fourth-order valence-corrected chi connectivity index (χ4v) is 3.93. The first-order valence-electron chi connectivity index (χ1n) is 10.5. The number of aromatic nitrogens is 2. The van der Waals surface area contributed by atoms with E-state index in [-0.39, 0.29) is 11.8 Å². The first-order valence-corrected chi connectivity index (χ1v) is 10.9. The molecule has 160 valence electrons. The molecule has 2 heterocycles. The van der Waals surface area contributed by atoms with E-state index < -0.39 is 0 Å². The van der Waals surface area contributed by atoms with E-state index in [0.717, 1.165) is 29.7 Å². The summed E-state index contributed by atoms with van der Waals surface area (Å²) in [4.78, 5) is 27.2. The largest absolute Gasteiger partial charge is 0.351 e. The Morgan fingerprint density at radius 2 is 1.84 bits per heavy atom. The third kappa shape index (κ3) is 5.33. The second-order valence-electron chi connectivity index (χ2n) is 7.74. The summed E-state index contributed by atoms with van der Waals surface area (Å²) in [6.07, 6.45) is 2.74. The molecule has 0 bridgehead atoms. The first kappa shape index (κ1) is 21.1. The molecule has 0 saturated heterocycles. The van der Waals surface area contributed by atoms with Gasteiger partial charge in [-0.05, 0) is 36.1 Å². The van der Waals surface area contributed by atoms with E-state index in [2.05, 4.69) is 27.6 Å². The van der Waals surface area contributed by atoms with Crippen molar-refractivity contribution >= 4 is 23.4 Å². The Morgan fingerprint density at radius 1 is 1.06 bits per heavy atom. The molecule has 2 aromatic carbocycles. The number of carbonyl (C=O) groups is 2. The van der Waals surface area contributed by atoms with Crippen LogP contribution in [0.25, 0.3) is 0 Å². The maximum Gasteiger partial charge on any atom is 0.272 e. The summed E-state index contributed by atoms with van der Waals surface area (Å²) in [6, 6.07) is 17.5. The van der Waals surface area contributed by atoms with Crippen LogP contribution in [-0.4, -0.2) is 40.0 Å². The van der Waals surface area contributed by atoms with Gasteiger partial charge in [0.05, 0.1) is 6.42 Å². The van der Waals surface area contributed by atoms with Gasteiger partial charge in [-0.1, -0.05) is 54.1 Å². The Bertz CT molecular complexity index is 1050. The number of aryl methyl sites for hydroxylation is 1. The number of amides is 2. The standard InChI is InChI=1S/C24H25ClN4O2/c25-19-10-8-18(9-11-19)15-22(30)29-14-12-21-20(16-29)23(28-27-21)24(31)26-13-4-7-17-5-2-1-3-6-17/h1-3,5-6,8-11H,4,7,12-16H2,(H,26,31)(H,27,28). The minimum absolute atomic E-state index is 0.0309. The molecule has 1 aromatic heterocycles. The van der Waals surface area contributed by atoms with Gasteiger partial charge in [-0.25, -0.2) is 0 Å². The quantitative estimate of drug-likeness (QED) is 0.556. The van der Waals surface area contributed by atoms with Crippen molar-refractivity contribution in [3.63, 3.8) is 0 Å². The highest BCUT2D eigenvalue weighted by atomic mass is 35.5. The monoisotopic (exact) mass is 436 g/mol. The van der Waals surface area contributed by atoms with Gasteiger partial charge in [-0.2, -0.15) is 5.10 Å². The van der Waals surface area contributed by atoms with Crippen molar-refractivity contribution in [1.82, 2.24) is 20.4 Å². The number of fused-ring (bicyclic) bond motifs is 1. The van der Waals surface area contributed by atoms with Crippen molar-refractivity contribution in [2.24, 2.45) is 0 Å². The highest BCUT2D eigenvalue weighted by Gasteiger charge is 2.27. The average Bonchev–Trinajstić information content (AvgIpc) is 3.22. The summed E-state index contributed by atoms with van der Waals surface area (Å²) in [5.74, 6) is -0.166. The minimum Gasteiger partial charge on any atom is -0.351 e. The van der Waals surface area contributed by atoms with Gasteiger partial charge in [-0.3, -0.25) is 14.7 Å². The van der Waals surface area contributed by atoms with E-state index in [1.807, 2.05) is 30.3 Å². The fourth-order valence-electron chi connectivity index (χ4n) is 3.81. The predicted octanol–water partition coefficient (Wildman–Crippen LogP) is 3.55. The van der Waals surface area contributed by atoms with Crippen LogP contribution in [0.2, 0.25) is 5.02 Å². The molecule has 0 radical (unpaired) electrons. The Hall–Kier alpha value is -3.12. The molecule has 4 rings (SSSR count). The van der Waals surface area contributed by atoms with E-state index >= 15 is 0 Å². The van der Waals surface area contributed by atoms with Gasteiger partial charge in [0.1, 0.15) is 0 Å². The van der Waals surface area contributed by atoms with Crippen LogP contribution in [-0.2, 0) is 30.6 Å². The van der Waals surface area contributed by atoms with Crippen LogP contribution in [0.3, 0.4) is 0 Å². The van der Waals surface area contributed by atoms with E-state index in [9.17, 15) is 9.59 Å². The van der Waals surface area contributed by atoms with Gasteiger partial charge in [0.15, 0.2) is 5.69 Å². The summed E-state index contributed by atoms with van der Waals surface area (Å²) in [7, 11) is 0. The zero-order valence-electron chi connectivity index (χ0n) is 17.2. The Morgan fingerprint density at radius 3 is 2.61 bits per heavy atom. The second-order valence-corrected chi connectivity index (χ2v) is 8.18. The molecule has 0 aliphatic carbocycles. The number of halogens is 1. The molecular weight excluding hydrogens is 412 g/mol. The van der Waals surface area contributed by atoms with Crippen molar-refractivity contribution in [3.8, 4) is 0 Å². The number of benzene rings is 2. The van der Waals surface area contributed by atoms with Gasteiger partial charge in [0, 0.05) is 42.3 Å². The molecule has 0 spiro atoms. The van der Waals surface area contributed by atoms with Gasteiger partial charge in [0.25, 0.3) is 5.91 Å². The van der Waals surface area contributed by atoms with Crippen molar-refractivity contribution < 1.29 is 9.59 Å². The van der Waals surface area contributed by atoms with Crippen LogP contribution < -0.4 is 5.32 Å². The molecule has 0 unspecified atom stereocenters. The topological polar surface area (TPSA) is 78.1 Å². The van der Waals surface area contributed by atoms with Crippen LogP contribution in [0.1, 0.15) is 39.3 Å². The van der Waals surface area contributed by atoms with E-state index in [0.29, 0.717) is 43.2 Å². The summed E-state index contributed by atoms with van der Waals surface area (Å²) in [5, 5.41) is 10.8. The van der Waals surface area contributed by atoms with E-state index in [4.69, 9.17) is 11.6 Å². The van der Waals surface area contributed by atoms with E-state index in [1.54, 1.807) is 17.0 Å². The number of carbonyl (C=O) groups excluding carboxylic acids is 2. The Labute approximate surface area is 186 Å². The zero-order chi connectivity index (χ0) is 21.6. The zero-order valence-corrected chi connectivity index (χ0v) is 18.0. The smallest absolute Gasteiger partial charge is 0.272 e. The summed E-state index contributed by atoms with van der Waals surface area (Å²) >= 11 is 5.92. The number of H-pyrrole nitrogens is 1. The van der Waals surface area contributed by atoms with Crippen molar-refractivity contribution in [2.45, 2.75) is 32.2 Å². The molecule has 0 atom stereocenters. The molecule has 2 N–H and O–H groups in total. The molecule has 7 heteroatoms. The lowest BCUT2D eigenvalue weighted by molar-refractivity contribution is -0.131. The number of aromatic amines is 1. The van der Waals surface area contributed by atoms with Crippen molar-refractivity contribution in [2.75, 3.05) is 13.1 Å².